The quantitative estimate of drug-likeness (QED) is 0.157. The Bertz CT molecular complexity index is 2660. The summed E-state index contributed by atoms with van der Waals surface area (Å²) in [5.41, 5.74) is 3.72. The summed E-state index contributed by atoms with van der Waals surface area (Å²) in [5, 5.41) is 11.6. The first-order valence-corrected chi connectivity index (χ1v) is 22.2. The number of thiophene rings is 1. The lowest BCUT2D eigenvalue weighted by Gasteiger charge is -2.34. The minimum absolute atomic E-state index is 0.0272. The van der Waals surface area contributed by atoms with Crippen LogP contribution >= 0.6 is 22.9 Å². The van der Waals surface area contributed by atoms with Crippen molar-refractivity contribution < 1.29 is 42.0 Å². The van der Waals surface area contributed by atoms with Gasteiger partial charge in [-0.1, -0.05) is 29.8 Å². The molecule has 1 N–H and O–H groups in total. The zero-order chi connectivity index (χ0) is 44.5. The maximum absolute atomic E-state index is 14.3. The molecule has 18 heteroatoms. The van der Waals surface area contributed by atoms with Gasteiger partial charge < -0.3 is 33.9 Å². The molecule has 0 aliphatic carbocycles. The highest BCUT2D eigenvalue weighted by atomic mass is 35.5. The first-order valence-electron chi connectivity index (χ1n) is 21.0. The average Bonchev–Trinajstić information content (AvgIpc) is 3.67. The number of fused-ring (bicyclic) bond motifs is 7. The Morgan fingerprint density at radius 3 is 2.53 bits per heavy atom. The third-order valence-corrected chi connectivity index (χ3v) is 13.4. The second kappa shape index (κ2) is 18.4. The summed E-state index contributed by atoms with van der Waals surface area (Å²) >= 11 is 8.55. The molecule has 3 aromatic carbocycles. The number of nitrogens with zero attached hydrogens (tertiary/aromatic N) is 7. The number of carboxylic acid groups (broad SMARTS) is 1. The van der Waals surface area contributed by atoms with Gasteiger partial charge in [-0.3, -0.25) is 4.90 Å². The molecule has 2 saturated heterocycles. The van der Waals surface area contributed by atoms with E-state index in [-0.39, 0.29) is 51.4 Å². The number of carbonyl (C=O) groups is 1. The lowest BCUT2D eigenvalue weighted by atomic mass is 9.96. The Morgan fingerprint density at radius 1 is 0.984 bits per heavy atom. The first kappa shape index (κ1) is 43.5. The van der Waals surface area contributed by atoms with E-state index in [0.717, 1.165) is 31.1 Å². The zero-order valence-electron chi connectivity index (χ0n) is 35.1. The molecule has 4 bridgehead atoms. The molecule has 13 nitrogen and oxygen atoms in total. The monoisotopic (exact) mass is 915 g/mol. The molecule has 0 unspecified atom stereocenters. The third-order valence-electron chi connectivity index (χ3n) is 11.8. The molecule has 2 fully saturated rings. The van der Waals surface area contributed by atoms with Crippen LogP contribution in [0, 0.1) is 12.7 Å². The van der Waals surface area contributed by atoms with Crippen molar-refractivity contribution in [1.82, 2.24) is 29.7 Å². The molecule has 334 valence electrons. The summed E-state index contributed by atoms with van der Waals surface area (Å²) in [6.07, 6.45) is 0.197. The maximum atomic E-state index is 14.3. The Kier molecular flexibility index (Phi) is 12.5. The van der Waals surface area contributed by atoms with Crippen molar-refractivity contribution >= 4 is 45.1 Å². The molecule has 0 saturated carbocycles. The van der Waals surface area contributed by atoms with Crippen molar-refractivity contribution in [3.8, 4) is 44.7 Å². The highest BCUT2D eigenvalue weighted by Gasteiger charge is 2.35. The number of aliphatic carboxylic acids is 1. The smallest absolute Gasteiger partial charge is 0.345 e. The van der Waals surface area contributed by atoms with Crippen molar-refractivity contribution in [2.75, 3.05) is 64.4 Å². The summed E-state index contributed by atoms with van der Waals surface area (Å²) in [6.45, 7) is 6.30. The van der Waals surface area contributed by atoms with Crippen LogP contribution < -0.4 is 23.8 Å². The lowest BCUT2D eigenvalue weighted by Crippen LogP contribution is -2.49. The van der Waals surface area contributed by atoms with E-state index in [9.17, 15) is 23.1 Å². The van der Waals surface area contributed by atoms with E-state index >= 15 is 0 Å². The molecule has 4 aliphatic heterocycles. The number of piperazine rings is 1. The molecule has 0 amide bonds. The van der Waals surface area contributed by atoms with Gasteiger partial charge in [-0.25, -0.2) is 37.9 Å². The summed E-state index contributed by atoms with van der Waals surface area (Å²) in [6, 6.07) is 16.7. The molecule has 10 rings (SSSR count). The third kappa shape index (κ3) is 9.53. The van der Waals surface area contributed by atoms with Crippen LogP contribution in [0.2, 0.25) is 5.02 Å². The fourth-order valence-corrected chi connectivity index (χ4v) is 9.52. The molecule has 3 aromatic heterocycles. The highest BCUT2D eigenvalue weighted by Crippen LogP contribution is 2.50. The molecule has 64 heavy (non-hydrogen) atoms. The van der Waals surface area contributed by atoms with Crippen LogP contribution in [-0.2, 0) is 17.8 Å². The highest BCUT2D eigenvalue weighted by molar-refractivity contribution is 7.22. The lowest BCUT2D eigenvalue weighted by molar-refractivity contribution is -0.145. The number of halogens is 4. The number of rotatable bonds is 8. The van der Waals surface area contributed by atoms with E-state index in [1.807, 2.05) is 19.1 Å². The van der Waals surface area contributed by atoms with Gasteiger partial charge >= 0.3 is 5.97 Å². The predicted octanol–water partition coefficient (Wildman–Crippen LogP) is 8.19. The molecule has 4 aliphatic rings. The van der Waals surface area contributed by atoms with Crippen molar-refractivity contribution in [3.63, 3.8) is 0 Å². The predicted molar refractivity (Wildman–Crippen MR) is 237 cm³/mol. The minimum Gasteiger partial charge on any atom is -0.490 e. The first-order chi connectivity index (χ1) is 30.9. The van der Waals surface area contributed by atoms with Gasteiger partial charge in [0.2, 0.25) is 17.9 Å². The van der Waals surface area contributed by atoms with Crippen molar-refractivity contribution in [2.24, 2.45) is 0 Å². The van der Waals surface area contributed by atoms with Crippen molar-refractivity contribution in [1.29, 1.82) is 0 Å². The number of benzene rings is 3. The van der Waals surface area contributed by atoms with Gasteiger partial charge in [-0.05, 0) is 73.1 Å². The minimum atomic E-state index is -2.72. The van der Waals surface area contributed by atoms with Crippen LogP contribution in [0.15, 0.2) is 73.2 Å². The summed E-state index contributed by atoms with van der Waals surface area (Å²) < 4.78 is 68.0. The van der Waals surface area contributed by atoms with Gasteiger partial charge in [0.15, 0.2) is 0 Å². The number of alkyl halides is 2. The largest absolute Gasteiger partial charge is 0.490 e. The SMILES string of the molecule is Cc1c2ccc(c1Cl)O[C@H](CN1CCN(C)CC1)COc1ccc(OCc3ccnc(N4CCC(F)(F)CC4)n3)c(c1)C[C@H](C(=O)O)Oc1ncnc3sc(-c4ccc(F)cc4)c-2c13. The Balaban J connectivity index is 1.11. The molecular weight excluding hydrogens is 871 g/mol. The van der Waals surface area contributed by atoms with Crippen LogP contribution in [0.1, 0.15) is 29.7 Å². The number of carboxylic acids is 1. The normalized spacial score (nSPS) is 19.4. The van der Waals surface area contributed by atoms with E-state index < -0.39 is 29.9 Å². The van der Waals surface area contributed by atoms with E-state index in [2.05, 4.69) is 36.8 Å². The second-order valence-electron chi connectivity index (χ2n) is 16.3. The van der Waals surface area contributed by atoms with Crippen LogP contribution in [-0.4, -0.2) is 118 Å². The van der Waals surface area contributed by atoms with Gasteiger partial charge in [-0.2, -0.15) is 0 Å². The number of likely N-dealkylation sites (N-methyl/N-ethyl adjacent to an activating group) is 1. The Morgan fingerprint density at radius 2 is 1.77 bits per heavy atom. The number of ether oxygens (including phenoxy) is 4. The van der Waals surface area contributed by atoms with Gasteiger partial charge in [0, 0.05) is 87.3 Å². The maximum Gasteiger partial charge on any atom is 0.345 e. The topological polar surface area (TPSA) is 136 Å². The number of piperidine rings is 1. The average molecular weight is 916 g/mol. The van der Waals surface area contributed by atoms with Crippen molar-refractivity contribution in [3.05, 3.63) is 101 Å². The van der Waals surface area contributed by atoms with Gasteiger partial charge in [0.05, 0.1) is 16.1 Å². The summed E-state index contributed by atoms with van der Waals surface area (Å²) in [7, 11) is 2.10. The number of hydrogen-bond donors (Lipinski definition) is 1. The van der Waals surface area contributed by atoms with Gasteiger partial charge in [0.1, 0.15) is 53.5 Å². The van der Waals surface area contributed by atoms with E-state index in [1.165, 1.54) is 29.8 Å². The number of hydrogen-bond acceptors (Lipinski definition) is 13. The van der Waals surface area contributed by atoms with Crippen molar-refractivity contribution in [2.45, 2.75) is 50.9 Å². The summed E-state index contributed by atoms with van der Waals surface area (Å²) in [5.74, 6) is -2.74. The fourth-order valence-electron chi connectivity index (χ4n) is 8.15. The fraction of sp³-hybridized carbons (Fsp3) is 0.370. The van der Waals surface area contributed by atoms with Crippen LogP contribution in [0.3, 0.4) is 0 Å². The Hall–Kier alpha value is -5.75. The molecular formula is C46H45ClF3N7O6S. The molecule has 2 atom stereocenters. The Labute approximate surface area is 376 Å². The second-order valence-corrected chi connectivity index (χ2v) is 17.7. The van der Waals surface area contributed by atoms with Gasteiger partial charge in [0.25, 0.3) is 5.92 Å². The van der Waals surface area contributed by atoms with Crippen LogP contribution in [0.4, 0.5) is 19.1 Å². The standard InChI is InChI=1S/C46H45ClF3N7O6S/c1-27-34-8-10-36(40(27)47)62-33(23-56-19-17-55(2)18-20-56)25-60-32-7-9-35(61-24-31-11-14-51-45(54-31)57-15-12-46(49,50)13-16-57)29(21-32)22-37(44(58)59)63-42-39-38(34)41(64-43(39)53-26-52-42)28-3-5-30(48)6-4-28/h3-11,14,21,26,33,37H,12-13,15-20,22-25H2,1-2H3,(H,58,59)/t33-,37-/m1/s1. The molecule has 7 heterocycles. The number of anilines is 1. The summed E-state index contributed by atoms with van der Waals surface area (Å²) in [4.78, 5) is 38.8. The molecule has 0 radical (unpaired) electrons. The van der Waals surface area contributed by atoms with Crippen LogP contribution in [0.25, 0.3) is 31.8 Å². The molecule has 0 spiro atoms. The van der Waals surface area contributed by atoms with Gasteiger partial charge in [-0.15, -0.1) is 11.3 Å². The van der Waals surface area contributed by atoms with E-state index in [4.69, 9.17) is 30.5 Å². The zero-order valence-corrected chi connectivity index (χ0v) is 36.7. The number of aromatic nitrogens is 4. The van der Waals surface area contributed by atoms with E-state index in [0.29, 0.717) is 78.5 Å². The van der Waals surface area contributed by atoms with E-state index in [1.54, 1.807) is 47.5 Å². The molecule has 6 aromatic rings. The van der Waals surface area contributed by atoms with Crippen LogP contribution in [0.5, 0.6) is 23.1 Å².